The Morgan fingerprint density at radius 2 is 2.27 bits per heavy atom. The normalized spacial score (nSPS) is 13.2. The predicted octanol–water partition coefficient (Wildman–Crippen LogP) is 1.08. The average Bonchev–Trinajstić information content (AvgIpc) is 2.68. The first kappa shape index (κ1) is 10.1. The van der Waals surface area contributed by atoms with E-state index in [-0.39, 0.29) is 6.10 Å². The van der Waals surface area contributed by atoms with Crippen LogP contribution in [0.3, 0.4) is 0 Å². The molecule has 1 aromatic heterocycles. The van der Waals surface area contributed by atoms with E-state index in [9.17, 15) is 0 Å². The highest BCUT2D eigenvalue weighted by Gasteiger charge is 2.09. The zero-order chi connectivity index (χ0) is 10.7. The van der Waals surface area contributed by atoms with Gasteiger partial charge in [0.2, 0.25) is 0 Å². The molecule has 0 fully saturated rings. The van der Waals surface area contributed by atoms with Gasteiger partial charge in [-0.2, -0.15) is 0 Å². The number of ether oxygens (including phenoxy) is 1. The van der Waals surface area contributed by atoms with Crippen molar-refractivity contribution < 1.29 is 4.74 Å². The number of aromatic nitrogens is 2. The third-order valence-electron chi connectivity index (χ3n) is 2.46. The highest BCUT2D eigenvalue weighted by molar-refractivity contribution is 5.74. The molecule has 0 aliphatic carbocycles. The van der Waals surface area contributed by atoms with Gasteiger partial charge in [0, 0.05) is 20.1 Å². The maximum absolute atomic E-state index is 5.56. The molecule has 1 unspecified atom stereocenters. The van der Waals surface area contributed by atoms with Gasteiger partial charge in [0.15, 0.2) is 0 Å². The van der Waals surface area contributed by atoms with E-state index < -0.39 is 0 Å². The molecule has 1 heterocycles. The largest absolute Gasteiger partial charge is 0.380 e. The van der Waals surface area contributed by atoms with Crippen LogP contribution in [0.1, 0.15) is 5.82 Å². The lowest BCUT2D eigenvalue weighted by Gasteiger charge is -2.09. The molecule has 15 heavy (non-hydrogen) atoms. The number of hydrogen-bond donors (Lipinski definition) is 2. The molecule has 2 rings (SSSR count). The van der Waals surface area contributed by atoms with Crippen LogP contribution in [0.25, 0.3) is 11.0 Å². The Balaban J connectivity index is 2.21. The fourth-order valence-corrected chi connectivity index (χ4v) is 1.58. The molecule has 4 heteroatoms. The molecular formula is C11H15N3O. The van der Waals surface area contributed by atoms with Crippen LogP contribution in [-0.2, 0) is 11.2 Å². The number of rotatable bonds is 4. The fraction of sp³-hybridized carbons (Fsp3) is 0.364. The Labute approximate surface area is 88.5 Å². The summed E-state index contributed by atoms with van der Waals surface area (Å²) in [6, 6.07) is 7.96. The summed E-state index contributed by atoms with van der Waals surface area (Å²) in [5, 5.41) is 0. The van der Waals surface area contributed by atoms with Crippen LogP contribution in [0, 0.1) is 0 Å². The number of nitrogens with one attached hydrogen (secondary N) is 1. The molecule has 0 radical (unpaired) electrons. The molecule has 0 amide bonds. The summed E-state index contributed by atoms with van der Waals surface area (Å²) in [6.07, 6.45) is 0.757. The SMILES string of the molecule is COC(CN)Cc1nc2ccccc2[nH]1. The first-order chi connectivity index (χ1) is 7.33. The molecule has 2 aromatic rings. The predicted molar refractivity (Wildman–Crippen MR) is 59.6 cm³/mol. The quantitative estimate of drug-likeness (QED) is 0.785. The number of hydrogen-bond acceptors (Lipinski definition) is 3. The summed E-state index contributed by atoms with van der Waals surface area (Å²) in [5.41, 5.74) is 7.60. The fourth-order valence-electron chi connectivity index (χ4n) is 1.58. The van der Waals surface area contributed by atoms with Crippen LogP contribution >= 0.6 is 0 Å². The maximum atomic E-state index is 5.56. The van der Waals surface area contributed by atoms with E-state index in [0.717, 1.165) is 23.3 Å². The standard InChI is InChI=1S/C11H15N3O/c1-15-8(7-12)6-11-13-9-4-2-3-5-10(9)14-11/h2-5,8H,6-7,12H2,1H3,(H,13,14). The van der Waals surface area contributed by atoms with Gasteiger partial charge in [-0.1, -0.05) is 12.1 Å². The van der Waals surface area contributed by atoms with Crippen LogP contribution < -0.4 is 5.73 Å². The van der Waals surface area contributed by atoms with Crippen molar-refractivity contribution in [2.75, 3.05) is 13.7 Å². The molecule has 0 saturated carbocycles. The molecule has 0 spiro atoms. The van der Waals surface area contributed by atoms with Crippen molar-refractivity contribution in [1.82, 2.24) is 9.97 Å². The lowest BCUT2D eigenvalue weighted by Crippen LogP contribution is -2.25. The van der Waals surface area contributed by atoms with Crippen LogP contribution in [0.5, 0.6) is 0 Å². The number of aromatic amines is 1. The van der Waals surface area contributed by atoms with Gasteiger partial charge in [-0.25, -0.2) is 4.98 Å². The Hall–Kier alpha value is -1.39. The van der Waals surface area contributed by atoms with E-state index in [2.05, 4.69) is 9.97 Å². The van der Waals surface area contributed by atoms with Crippen LogP contribution in [0.15, 0.2) is 24.3 Å². The van der Waals surface area contributed by atoms with Crippen LogP contribution in [-0.4, -0.2) is 29.7 Å². The molecule has 4 nitrogen and oxygen atoms in total. The monoisotopic (exact) mass is 205 g/mol. The summed E-state index contributed by atoms with van der Waals surface area (Å²) in [4.78, 5) is 7.71. The first-order valence-corrected chi connectivity index (χ1v) is 5.00. The lowest BCUT2D eigenvalue weighted by molar-refractivity contribution is 0.108. The van der Waals surface area contributed by atoms with Crippen molar-refractivity contribution in [2.45, 2.75) is 12.5 Å². The zero-order valence-electron chi connectivity index (χ0n) is 8.73. The topological polar surface area (TPSA) is 63.9 Å². The van der Waals surface area contributed by atoms with Crippen molar-refractivity contribution in [3.63, 3.8) is 0 Å². The van der Waals surface area contributed by atoms with Crippen molar-refractivity contribution >= 4 is 11.0 Å². The Bertz CT molecular complexity index is 401. The molecule has 0 aliphatic heterocycles. The molecule has 1 aromatic carbocycles. The minimum atomic E-state index is 0.0329. The van der Waals surface area contributed by atoms with Crippen LogP contribution in [0.2, 0.25) is 0 Å². The number of methoxy groups -OCH3 is 1. The van der Waals surface area contributed by atoms with Gasteiger partial charge in [-0.05, 0) is 12.1 Å². The van der Waals surface area contributed by atoms with Gasteiger partial charge in [0.25, 0.3) is 0 Å². The second-order valence-corrected chi connectivity index (χ2v) is 3.50. The molecule has 0 bridgehead atoms. The molecule has 1 atom stereocenters. The van der Waals surface area contributed by atoms with Gasteiger partial charge in [-0.15, -0.1) is 0 Å². The van der Waals surface area contributed by atoms with E-state index >= 15 is 0 Å². The number of nitrogens with zero attached hydrogens (tertiary/aromatic N) is 1. The van der Waals surface area contributed by atoms with Crippen molar-refractivity contribution in [3.8, 4) is 0 Å². The third-order valence-corrected chi connectivity index (χ3v) is 2.46. The number of H-pyrrole nitrogens is 1. The summed E-state index contributed by atoms with van der Waals surface area (Å²) >= 11 is 0. The van der Waals surface area contributed by atoms with Gasteiger partial charge >= 0.3 is 0 Å². The lowest BCUT2D eigenvalue weighted by atomic mass is 10.2. The number of benzene rings is 1. The first-order valence-electron chi connectivity index (χ1n) is 5.00. The Morgan fingerprint density at radius 3 is 2.93 bits per heavy atom. The highest BCUT2D eigenvalue weighted by atomic mass is 16.5. The smallest absolute Gasteiger partial charge is 0.109 e. The number of nitrogens with two attached hydrogens (primary N) is 1. The van der Waals surface area contributed by atoms with Crippen molar-refractivity contribution in [1.29, 1.82) is 0 Å². The maximum Gasteiger partial charge on any atom is 0.109 e. The van der Waals surface area contributed by atoms with Gasteiger partial charge in [-0.3, -0.25) is 0 Å². The van der Waals surface area contributed by atoms with Gasteiger partial charge in [0.05, 0.1) is 17.1 Å². The van der Waals surface area contributed by atoms with Crippen molar-refractivity contribution in [2.24, 2.45) is 5.73 Å². The second-order valence-electron chi connectivity index (χ2n) is 3.50. The zero-order valence-corrected chi connectivity index (χ0v) is 8.73. The average molecular weight is 205 g/mol. The molecule has 3 N–H and O–H groups in total. The third kappa shape index (κ3) is 2.16. The minimum absolute atomic E-state index is 0.0329. The Morgan fingerprint density at radius 1 is 1.47 bits per heavy atom. The van der Waals surface area contributed by atoms with Gasteiger partial charge in [0.1, 0.15) is 5.82 Å². The second kappa shape index (κ2) is 4.42. The van der Waals surface area contributed by atoms with Crippen LogP contribution in [0.4, 0.5) is 0 Å². The minimum Gasteiger partial charge on any atom is -0.380 e. The molecule has 0 aliphatic rings. The molecule has 0 saturated heterocycles. The Kier molecular flexibility index (Phi) is 2.99. The van der Waals surface area contributed by atoms with E-state index in [1.54, 1.807) is 7.11 Å². The molecule has 80 valence electrons. The number of fused-ring (bicyclic) bond motifs is 1. The number of para-hydroxylation sites is 2. The van der Waals surface area contributed by atoms with E-state index in [4.69, 9.17) is 10.5 Å². The van der Waals surface area contributed by atoms with E-state index in [1.807, 2.05) is 24.3 Å². The summed E-state index contributed by atoms with van der Waals surface area (Å²) in [6.45, 7) is 0.507. The summed E-state index contributed by atoms with van der Waals surface area (Å²) in [5.74, 6) is 0.925. The van der Waals surface area contributed by atoms with Crippen molar-refractivity contribution in [3.05, 3.63) is 30.1 Å². The van der Waals surface area contributed by atoms with Gasteiger partial charge < -0.3 is 15.5 Å². The summed E-state index contributed by atoms with van der Waals surface area (Å²) < 4.78 is 5.21. The molecular weight excluding hydrogens is 190 g/mol. The van der Waals surface area contributed by atoms with E-state index in [1.165, 1.54) is 0 Å². The summed E-state index contributed by atoms with van der Waals surface area (Å²) in [7, 11) is 1.67. The number of imidazole rings is 1. The van der Waals surface area contributed by atoms with E-state index in [0.29, 0.717) is 6.54 Å². The highest BCUT2D eigenvalue weighted by Crippen LogP contribution is 2.11.